The summed E-state index contributed by atoms with van der Waals surface area (Å²) in [6.45, 7) is 2.79. The molecule has 2 amide bonds. The van der Waals surface area contributed by atoms with Crippen LogP contribution in [-0.2, 0) is 12.7 Å². The highest BCUT2D eigenvalue weighted by atomic mass is 19.4. The van der Waals surface area contributed by atoms with Crippen LogP contribution in [0.15, 0.2) is 42.5 Å². The largest absolute Gasteiger partial charge is 0.437 e. The average Bonchev–Trinajstić information content (AvgIpc) is 3.10. The molecular weight excluding hydrogens is 485 g/mol. The molecule has 0 bridgehead atoms. The van der Waals surface area contributed by atoms with Crippen LogP contribution in [0, 0.1) is 25.5 Å². The summed E-state index contributed by atoms with van der Waals surface area (Å²) in [7, 11) is 0. The molecule has 2 aromatic carbocycles. The molecule has 186 valence electrons. The summed E-state index contributed by atoms with van der Waals surface area (Å²) in [5.41, 5.74) is 3.33. The fourth-order valence-corrected chi connectivity index (χ4v) is 3.78. The Hall–Kier alpha value is -4.35. The van der Waals surface area contributed by atoms with E-state index in [-0.39, 0.29) is 28.8 Å². The van der Waals surface area contributed by atoms with Crippen molar-refractivity contribution >= 4 is 28.4 Å². The van der Waals surface area contributed by atoms with Crippen molar-refractivity contribution in [3.05, 3.63) is 87.9 Å². The molecule has 3 N–H and O–H groups in total. The lowest BCUT2D eigenvalue weighted by Gasteiger charge is -2.12. The lowest BCUT2D eigenvalue weighted by atomic mass is 10.1. The van der Waals surface area contributed by atoms with Crippen molar-refractivity contribution in [2.24, 2.45) is 5.73 Å². The Bertz CT molecular complexity index is 1530. The SMILES string of the molecule is Cc1cc(F)ccc1Cn1nc(C(F)(F)F)c(NC(=O)c2cc(C(N)=O)nc3cccc(F)c23)c1C. The number of anilines is 1. The second kappa shape index (κ2) is 9.02. The van der Waals surface area contributed by atoms with Crippen LogP contribution in [0.2, 0.25) is 0 Å². The molecule has 0 atom stereocenters. The summed E-state index contributed by atoms with van der Waals surface area (Å²) in [5.74, 6) is -3.49. The second-order valence-corrected chi connectivity index (χ2v) is 8.04. The minimum absolute atomic E-state index is 0.0478. The van der Waals surface area contributed by atoms with Gasteiger partial charge in [0, 0.05) is 5.39 Å². The smallest absolute Gasteiger partial charge is 0.364 e. The van der Waals surface area contributed by atoms with Crippen LogP contribution in [0.5, 0.6) is 0 Å². The third kappa shape index (κ3) is 4.61. The first kappa shape index (κ1) is 24.8. The second-order valence-electron chi connectivity index (χ2n) is 8.04. The van der Waals surface area contributed by atoms with Gasteiger partial charge in [-0.15, -0.1) is 0 Å². The van der Waals surface area contributed by atoms with E-state index in [1.165, 1.54) is 37.3 Å². The number of nitrogens with two attached hydrogens (primary N) is 1. The summed E-state index contributed by atoms with van der Waals surface area (Å²) in [6.07, 6.45) is -4.94. The van der Waals surface area contributed by atoms with E-state index in [1.807, 2.05) is 0 Å². The maximum atomic E-state index is 14.6. The number of rotatable bonds is 5. The van der Waals surface area contributed by atoms with Crippen LogP contribution in [0.4, 0.5) is 27.6 Å². The Morgan fingerprint density at radius 1 is 1.08 bits per heavy atom. The Balaban J connectivity index is 1.80. The number of carbonyl (C=O) groups is 2. The van der Waals surface area contributed by atoms with Gasteiger partial charge in [-0.1, -0.05) is 12.1 Å². The van der Waals surface area contributed by atoms with Crippen molar-refractivity contribution in [1.29, 1.82) is 0 Å². The molecule has 12 heteroatoms. The number of nitrogens with one attached hydrogen (secondary N) is 1. The number of aryl methyl sites for hydroxylation is 1. The number of alkyl halides is 3. The van der Waals surface area contributed by atoms with Crippen molar-refractivity contribution < 1.29 is 31.5 Å². The lowest BCUT2D eigenvalue weighted by molar-refractivity contribution is -0.140. The zero-order chi connectivity index (χ0) is 26.4. The molecule has 0 saturated heterocycles. The third-order valence-electron chi connectivity index (χ3n) is 5.62. The van der Waals surface area contributed by atoms with Gasteiger partial charge in [0.25, 0.3) is 11.8 Å². The number of carbonyl (C=O) groups excluding carboxylic acids is 2. The van der Waals surface area contributed by atoms with Gasteiger partial charge in [0.15, 0.2) is 5.69 Å². The molecule has 4 rings (SSSR count). The van der Waals surface area contributed by atoms with Gasteiger partial charge in [-0.3, -0.25) is 14.3 Å². The minimum atomic E-state index is -4.94. The molecule has 0 unspecified atom stereocenters. The van der Waals surface area contributed by atoms with Gasteiger partial charge in [-0.05, 0) is 55.3 Å². The van der Waals surface area contributed by atoms with E-state index in [0.717, 1.165) is 16.8 Å². The molecule has 7 nitrogen and oxygen atoms in total. The van der Waals surface area contributed by atoms with Crippen LogP contribution in [0.25, 0.3) is 10.9 Å². The molecular formula is C24H18F5N5O2. The number of hydrogen-bond donors (Lipinski definition) is 2. The van der Waals surface area contributed by atoms with Gasteiger partial charge in [-0.25, -0.2) is 13.8 Å². The molecule has 0 radical (unpaired) electrons. The Morgan fingerprint density at radius 3 is 2.44 bits per heavy atom. The van der Waals surface area contributed by atoms with Crippen LogP contribution in [-0.4, -0.2) is 26.6 Å². The Morgan fingerprint density at radius 2 is 1.81 bits per heavy atom. The molecule has 0 aliphatic carbocycles. The third-order valence-corrected chi connectivity index (χ3v) is 5.62. The van der Waals surface area contributed by atoms with E-state index in [1.54, 1.807) is 6.92 Å². The first-order valence-corrected chi connectivity index (χ1v) is 10.5. The van der Waals surface area contributed by atoms with Crippen LogP contribution in [0.3, 0.4) is 0 Å². The monoisotopic (exact) mass is 503 g/mol. The highest BCUT2D eigenvalue weighted by Gasteiger charge is 2.39. The molecule has 0 saturated carbocycles. The van der Waals surface area contributed by atoms with E-state index in [4.69, 9.17) is 5.73 Å². The number of amides is 2. The number of hydrogen-bond acceptors (Lipinski definition) is 4. The molecule has 0 spiro atoms. The van der Waals surface area contributed by atoms with Crippen LogP contribution in [0.1, 0.15) is 43.4 Å². The zero-order valence-electron chi connectivity index (χ0n) is 18.9. The maximum Gasteiger partial charge on any atom is 0.437 e. The van der Waals surface area contributed by atoms with Gasteiger partial charge >= 0.3 is 6.18 Å². The van der Waals surface area contributed by atoms with E-state index in [0.29, 0.717) is 11.1 Å². The average molecular weight is 503 g/mol. The predicted octanol–water partition coefficient (Wildman–Crippen LogP) is 4.74. The van der Waals surface area contributed by atoms with Gasteiger partial charge in [0.2, 0.25) is 0 Å². The highest BCUT2D eigenvalue weighted by Crippen LogP contribution is 2.37. The van der Waals surface area contributed by atoms with Crippen molar-refractivity contribution in [3.63, 3.8) is 0 Å². The number of nitrogens with zero attached hydrogens (tertiary/aromatic N) is 3. The predicted molar refractivity (Wildman–Crippen MR) is 120 cm³/mol. The number of primary amides is 1. The summed E-state index contributed by atoms with van der Waals surface area (Å²) >= 11 is 0. The Labute approximate surface area is 200 Å². The first-order chi connectivity index (χ1) is 16.9. The van der Waals surface area contributed by atoms with E-state index in [2.05, 4.69) is 15.4 Å². The molecule has 2 aromatic heterocycles. The van der Waals surface area contributed by atoms with E-state index in [9.17, 15) is 31.5 Å². The molecule has 0 aliphatic heterocycles. The van der Waals surface area contributed by atoms with Crippen molar-refractivity contribution in [2.75, 3.05) is 5.32 Å². The lowest BCUT2D eigenvalue weighted by Crippen LogP contribution is -2.20. The first-order valence-electron chi connectivity index (χ1n) is 10.5. The quantitative estimate of drug-likeness (QED) is 0.384. The zero-order valence-corrected chi connectivity index (χ0v) is 18.9. The normalized spacial score (nSPS) is 11.6. The summed E-state index contributed by atoms with van der Waals surface area (Å²) in [4.78, 5) is 28.7. The van der Waals surface area contributed by atoms with E-state index >= 15 is 0 Å². The fraction of sp³-hybridized carbons (Fsp3) is 0.167. The van der Waals surface area contributed by atoms with Crippen LogP contribution >= 0.6 is 0 Å². The van der Waals surface area contributed by atoms with Gasteiger partial charge in [0.05, 0.1) is 29.0 Å². The number of aromatic nitrogens is 3. The molecule has 0 fully saturated rings. The number of fused-ring (bicyclic) bond motifs is 1. The number of pyridine rings is 1. The summed E-state index contributed by atoms with van der Waals surface area (Å²) in [6, 6.07) is 8.42. The van der Waals surface area contributed by atoms with Gasteiger partial charge in [-0.2, -0.15) is 18.3 Å². The van der Waals surface area contributed by atoms with E-state index < -0.39 is 46.6 Å². The minimum Gasteiger partial charge on any atom is -0.364 e. The van der Waals surface area contributed by atoms with Gasteiger partial charge < -0.3 is 11.1 Å². The molecule has 0 aliphatic rings. The number of halogens is 5. The highest BCUT2D eigenvalue weighted by molar-refractivity contribution is 6.14. The Kier molecular flexibility index (Phi) is 6.21. The van der Waals surface area contributed by atoms with Gasteiger partial charge in [0.1, 0.15) is 17.3 Å². The van der Waals surface area contributed by atoms with Crippen molar-refractivity contribution in [1.82, 2.24) is 14.8 Å². The summed E-state index contributed by atoms with van der Waals surface area (Å²) < 4.78 is 70.6. The molecule has 4 aromatic rings. The van der Waals surface area contributed by atoms with Crippen molar-refractivity contribution in [2.45, 2.75) is 26.6 Å². The summed E-state index contributed by atoms with van der Waals surface area (Å²) in [5, 5.41) is 5.51. The topological polar surface area (TPSA) is 103 Å². The molecule has 36 heavy (non-hydrogen) atoms. The number of benzene rings is 2. The standard InChI is InChI=1S/C24H18F5N5O2/c1-11-8-14(25)7-6-13(11)10-34-12(2)20(21(33-34)24(27,28)29)32-23(36)15-9-18(22(30)35)31-17-5-3-4-16(26)19(15)17/h3-9H,10H2,1-2H3,(H2,30,35)(H,32,36). The van der Waals surface area contributed by atoms with Crippen molar-refractivity contribution in [3.8, 4) is 0 Å². The maximum absolute atomic E-state index is 14.6. The fourth-order valence-electron chi connectivity index (χ4n) is 3.78. The molecule has 2 heterocycles. The van der Waals surface area contributed by atoms with Crippen LogP contribution < -0.4 is 11.1 Å².